The van der Waals surface area contributed by atoms with Crippen LogP contribution in [-0.2, 0) is 9.47 Å². The third kappa shape index (κ3) is 6.74. The summed E-state index contributed by atoms with van der Waals surface area (Å²) in [7, 11) is 0. The standard InChI is InChI=1S/C6H5F3O3/c1-2-3-11-5(10)12-4-6(7,8)9/h1H,3-4H2. The molecule has 0 radical (unpaired) electrons. The Morgan fingerprint density at radius 3 is 2.42 bits per heavy atom. The maximum absolute atomic E-state index is 11.4. The summed E-state index contributed by atoms with van der Waals surface area (Å²) in [4.78, 5) is 10.2. The van der Waals surface area contributed by atoms with Gasteiger partial charge in [0.1, 0.15) is 0 Å². The van der Waals surface area contributed by atoms with Crippen molar-refractivity contribution in [3.63, 3.8) is 0 Å². The van der Waals surface area contributed by atoms with Gasteiger partial charge >= 0.3 is 12.3 Å². The highest BCUT2D eigenvalue weighted by Crippen LogP contribution is 2.14. The highest BCUT2D eigenvalue weighted by molar-refractivity contribution is 5.60. The van der Waals surface area contributed by atoms with Gasteiger partial charge in [-0.25, -0.2) is 4.79 Å². The Morgan fingerprint density at radius 1 is 1.42 bits per heavy atom. The van der Waals surface area contributed by atoms with E-state index in [9.17, 15) is 18.0 Å². The Morgan fingerprint density at radius 2 is 2.00 bits per heavy atom. The largest absolute Gasteiger partial charge is 0.509 e. The van der Waals surface area contributed by atoms with Crippen LogP contribution in [0.5, 0.6) is 0 Å². The molecular formula is C6H5F3O3. The van der Waals surface area contributed by atoms with Gasteiger partial charge in [-0.05, 0) is 0 Å². The van der Waals surface area contributed by atoms with E-state index in [0.29, 0.717) is 0 Å². The Balaban J connectivity index is 3.53. The maximum atomic E-state index is 11.4. The van der Waals surface area contributed by atoms with E-state index in [1.807, 2.05) is 5.92 Å². The monoisotopic (exact) mass is 182 g/mol. The fraction of sp³-hybridized carbons (Fsp3) is 0.500. The van der Waals surface area contributed by atoms with Crippen LogP contribution >= 0.6 is 0 Å². The van der Waals surface area contributed by atoms with Gasteiger partial charge in [0.15, 0.2) is 13.2 Å². The molecule has 6 heteroatoms. The first-order chi connectivity index (χ1) is 5.45. The lowest BCUT2D eigenvalue weighted by Gasteiger charge is -2.06. The second kappa shape index (κ2) is 4.49. The van der Waals surface area contributed by atoms with Crippen molar-refractivity contribution in [3.8, 4) is 12.3 Å². The molecule has 68 valence electrons. The van der Waals surface area contributed by atoms with Crippen LogP contribution < -0.4 is 0 Å². The van der Waals surface area contributed by atoms with Gasteiger partial charge in [0, 0.05) is 0 Å². The lowest BCUT2D eigenvalue weighted by Crippen LogP contribution is -2.20. The van der Waals surface area contributed by atoms with Crippen molar-refractivity contribution < 1.29 is 27.4 Å². The summed E-state index contributed by atoms with van der Waals surface area (Å²) < 4.78 is 41.7. The predicted octanol–water partition coefficient (Wildman–Crippen LogP) is 1.34. The number of rotatable bonds is 2. The van der Waals surface area contributed by atoms with Crippen LogP contribution in [0.1, 0.15) is 0 Å². The zero-order valence-electron chi connectivity index (χ0n) is 5.85. The van der Waals surface area contributed by atoms with E-state index in [4.69, 9.17) is 0 Å². The van der Waals surface area contributed by atoms with E-state index in [1.54, 1.807) is 0 Å². The summed E-state index contributed by atoms with van der Waals surface area (Å²) in [6.07, 6.45) is -1.32. The van der Waals surface area contributed by atoms with Crippen LogP contribution in [0.2, 0.25) is 0 Å². The average molecular weight is 182 g/mol. The minimum absolute atomic E-state index is 0.406. The first-order valence-electron chi connectivity index (χ1n) is 2.75. The van der Waals surface area contributed by atoms with Crippen molar-refractivity contribution >= 4 is 6.16 Å². The number of alkyl halides is 3. The number of terminal acetylenes is 1. The highest BCUT2D eigenvalue weighted by atomic mass is 19.4. The van der Waals surface area contributed by atoms with Crippen molar-refractivity contribution in [2.75, 3.05) is 13.2 Å². The van der Waals surface area contributed by atoms with Crippen LogP contribution in [0.3, 0.4) is 0 Å². The van der Waals surface area contributed by atoms with Crippen LogP contribution in [0.25, 0.3) is 0 Å². The SMILES string of the molecule is C#CCOC(=O)OCC(F)(F)F. The van der Waals surface area contributed by atoms with Gasteiger partial charge in [0.25, 0.3) is 0 Å². The Labute approximate surface area is 66.4 Å². The molecule has 0 amide bonds. The maximum Gasteiger partial charge on any atom is 0.509 e. The van der Waals surface area contributed by atoms with Crippen LogP contribution in [0.4, 0.5) is 18.0 Å². The molecule has 0 aromatic carbocycles. The van der Waals surface area contributed by atoms with E-state index in [1.165, 1.54) is 0 Å². The zero-order chi connectivity index (χ0) is 9.61. The second-order valence-corrected chi connectivity index (χ2v) is 1.65. The molecule has 0 atom stereocenters. The molecule has 0 fully saturated rings. The van der Waals surface area contributed by atoms with Crippen molar-refractivity contribution in [2.45, 2.75) is 6.18 Å². The summed E-state index contributed by atoms with van der Waals surface area (Å²) >= 11 is 0. The van der Waals surface area contributed by atoms with Crippen molar-refractivity contribution in [1.82, 2.24) is 0 Å². The molecule has 0 spiro atoms. The zero-order valence-corrected chi connectivity index (χ0v) is 5.85. The van der Waals surface area contributed by atoms with Crippen molar-refractivity contribution in [2.24, 2.45) is 0 Å². The van der Waals surface area contributed by atoms with Crippen LogP contribution in [-0.4, -0.2) is 25.5 Å². The molecule has 0 aliphatic carbocycles. The number of ether oxygens (including phenoxy) is 2. The van der Waals surface area contributed by atoms with E-state index in [-0.39, 0.29) is 0 Å². The fourth-order valence-electron chi connectivity index (χ4n) is 0.283. The predicted molar refractivity (Wildman–Crippen MR) is 32.2 cm³/mol. The summed E-state index contributed by atoms with van der Waals surface area (Å²) in [6.45, 7) is -2.08. The average Bonchev–Trinajstić information content (AvgIpc) is 1.95. The molecule has 0 N–H and O–H groups in total. The van der Waals surface area contributed by atoms with Gasteiger partial charge in [0.05, 0.1) is 0 Å². The minimum Gasteiger partial charge on any atom is -0.425 e. The molecule has 0 aliphatic heterocycles. The minimum atomic E-state index is -4.55. The molecule has 3 nitrogen and oxygen atoms in total. The molecule has 12 heavy (non-hydrogen) atoms. The van der Waals surface area contributed by atoms with Gasteiger partial charge in [-0.3, -0.25) is 0 Å². The number of carbonyl (C=O) groups is 1. The third-order valence-corrected chi connectivity index (χ3v) is 0.627. The fourth-order valence-corrected chi connectivity index (χ4v) is 0.283. The molecule has 0 aliphatic rings. The quantitative estimate of drug-likeness (QED) is 0.477. The third-order valence-electron chi connectivity index (χ3n) is 0.627. The van der Waals surface area contributed by atoms with Gasteiger partial charge in [-0.1, -0.05) is 5.92 Å². The normalized spacial score (nSPS) is 10.2. The molecule has 0 saturated heterocycles. The number of carbonyl (C=O) groups excluding carboxylic acids is 1. The van der Waals surface area contributed by atoms with Gasteiger partial charge < -0.3 is 9.47 Å². The molecule has 0 heterocycles. The second-order valence-electron chi connectivity index (χ2n) is 1.65. The lowest BCUT2D eigenvalue weighted by molar-refractivity contribution is -0.165. The first-order valence-corrected chi connectivity index (χ1v) is 2.75. The van der Waals surface area contributed by atoms with E-state index in [2.05, 4.69) is 15.9 Å². The van der Waals surface area contributed by atoms with Crippen LogP contribution in [0, 0.1) is 12.3 Å². The van der Waals surface area contributed by atoms with Gasteiger partial charge in [-0.15, -0.1) is 6.42 Å². The summed E-state index contributed by atoms with van der Waals surface area (Å²) in [5, 5.41) is 0. The first kappa shape index (κ1) is 10.6. The topological polar surface area (TPSA) is 35.5 Å². The molecule has 0 saturated carbocycles. The Kier molecular flexibility index (Phi) is 3.97. The van der Waals surface area contributed by atoms with Gasteiger partial charge in [0.2, 0.25) is 0 Å². The highest BCUT2D eigenvalue weighted by Gasteiger charge is 2.29. The molecular weight excluding hydrogens is 177 g/mol. The van der Waals surface area contributed by atoms with E-state index >= 15 is 0 Å². The van der Waals surface area contributed by atoms with Crippen LogP contribution in [0.15, 0.2) is 0 Å². The smallest absolute Gasteiger partial charge is 0.425 e. The lowest BCUT2D eigenvalue weighted by atomic mass is 10.7. The molecule has 0 aromatic heterocycles. The summed E-state index contributed by atoms with van der Waals surface area (Å²) in [5.74, 6) is 1.89. The number of hydrogen-bond donors (Lipinski definition) is 0. The van der Waals surface area contributed by atoms with Crippen molar-refractivity contribution in [3.05, 3.63) is 0 Å². The van der Waals surface area contributed by atoms with Crippen molar-refractivity contribution in [1.29, 1.82) is 0 Å². The summed E-state index contributed by atoms with van der Waals surface area (Å²) in [5.41, 5.74) is 0. The summed E-state index contributed by atoms with van der Waals surface area (Å²) in [6, 6.07) is 0. The molecule has 0 unspecified atom stereocenters. The molecule has 0 aromatic rings. The Bertz CT molecular complexity index is 191. The molecule has 0 bridgehead atoms. The van der Waals surface area contributed by atoms with Gasteiger partial charge in [-0.2, -0.15) is 13.2 Å². The van der Waals surface area contributed by atoms with E-state index < -0.39 is 25.5 Å². The number of hydrogen-bond acceptors (Lipinski definition) is 3. The molecule has 0 rings (SSSR count). The number of halogens is 3. The van der Waals surface area contributed by atoms with E-state index in [0.717, 1.165) is 0 Å². The Hall–Kier alpha value is -1.38.